The Morgan fingerprint density at radius 2 is 1.58 bits per heavy atom. The van der Waals surface area contributed by atoms with E-state index in [2.05, 4.69) is 5.10 Å². The Hall–Kier alpha value is 0.650. The molecule has 0 aromatic heterocycles. The van der Waals surface area contributed by atoms with Crippen LogP contribution in [-0.4, -0.2) is 43.5 Å². The smallest absolute Gasteiger partial charge is 0.744 e. The fraction of sp³-hybridized carbons (Fsp3) is 0.100. The van der Waals surface area contributed by atoms with Gasteiger partial charge >= 0.3 is 88.7 Å². The maximum Gasteiger partial charge on any atom is 1.00 e. The summed E-state index contributed by atoms with van der Waals surface area (Å²) in [6.45, 7) is 0. The van der Waals surface area contributed by atoms with Crippen LogP contribution in [-0.2, 0) is 29.8 Å². The van der Waals surface area contributed by atoms with E-state index in [1.54, 1.807) is 0 Å². The Balaban J connectivity index is 0. The second-order valence-electron chi connectivity index (χ2n) is 4.25. The number of hydrogen-bond donors (Lipinski definition) is 0. The zero-order valence-electron chi connectivity index (χ0n) is 13.8. The Kier molecular flexibility index (Phi) is 11.6. The number of amides is 1. The maximum atomic E-state index is 11.7. The van der Waals surface area contributed by atoms with E-state index in [-0.39, 0.29) is 93.7 Å². The third-order valence-corrected chi connectivity index (χ3v) is 4.44. The number of anilines is 1. The number of aliphatic carboxylic acids is 1. The van der Waals surface area contributed by atoms with E-state index in [1.165, 1.54) is 0 Å². The van der Waals surface area contributed by atoms with Crippen molar-refractivity contribution in [2.75, 3.05) is 5.01 Å². The van der Waals surface area contributed by atoms with Crippen molar-refractivity contribution in [3.63, 3.8) is 0 Å². The van der Waals surface area contributed by atoms with Crippen LogP contribution in [0.3, 0.4) is 0 Å². The number of carbonyl (C=O) groups is 2. The summed E-state index contributed by atoms with van der Waals surface area (Å²) in [5, 5.41) is 14.2. The molecule has 0 atom stereocenters. The Morgan fingerprint density at radius 3 is 1.96 bits per heavy atom. The van der Waals surface area contributed by atoms with Crippen LogP contribution >= 0.6 is 0 Å². The van der Waals surface area contributed by atoms with Crippen molar-refractivity contribution < 1.29 is 129 Å². The van der Waals surface area contributed by atoms with E-state index >= 15 is 0 Å². The molecule has 0 bridgehead atoms. The molecule has 0 spiro atoms. The van der Waals surface area contributed by atoms with Crippen LogP contribution in [0, 0.1) is 0 Å². The number of nitrogens with zero attached hydrogens (tertiary/aromatic N) is 2. The summed E-state index contributed by atoms with van der Waals surface area (Å²) < 4.78 is 66.6. The molecule has 0 saturated heterocycles. The molecule has 0 fully saturated rings. The summed E-state index contributed by atoms with van der Waals surface area (Å²) in [5.74, 6) is -2.85. The number of carboxylic acid groups (broad SMARTS) is 1. The van der Waals surface area contributed by atoms with Gasteiger partial charge in [0, 0.05) is 0 Å². The van der Waals surface area contributed by atoms with Gasteiger partial charge in [-0.15, -0.1) is 0 Å². The average Bonchev–Trinajstić information content (AvgIpc) is 2.78. The minimum atomic E-state index is -5.17. The van der Waals surface area contributed by atoms with Crippen LogP contribution in [0.2, 0.25) is 0 Å². The van der Waals surface area contributed by atoms with Crippen molar-refractivity contribution in [2.24, 2.45) is 5.10 Å². The van der Waals surface area contributed by atoms with Crippen LogP contribution in [0.5, 0.6) is 0 Å². The second kappa shape index (κ2) is 10.4. The Morgan fingerprint density at radius 1 is 1.04 bits per heavy atom. The van der Waals surface area contributed by atoms with Gasteiger partial charge in [-0.2, -0.15) is 10.1 Å². The largest absolute Gasteiger partial charge is 1.00 e. The summed E-state index contributed by atoms with van der Waals surface area (Å²) in [6, 6.07) is 1.54. The van der Waals surface area contributed by atoms with Crippen molar-refractivity contribution in [1.82, 2.24) is 0 Å². The first kappa shape index (κ1) is 28.9. The number of hydrogen-bond acceptors (Lipinski definition) is 10. The van der Waals surface area contributed by atoms with E-state index in [1.807, 2.05) is 0 Å². The van der Waals surface area contributed by atoms with Gasteiger partial charge in [-0.1, -0.05) is 0 Å². The number of carbonyl (C=O) groups excluding carboxylic acids is 2. The van der Waals surface area contributed by atoms with E-state index < -0.39 is 59.7 Å². The van der Waals surface area contributed by atoms with E-state index in [0.29, 0.717) is 18.2 Å². The topological polar surface area (TPSA) is 187 Å². The molecule has 1 aliphatic rings. The molecule has 11 nitrogen and oxygen atoms in total. The van der Waals surface area contributed by atoms with E-state index in [4.69, 9.17) is 0 Å². The van der Waals surface area contributed by atoms with E-state index in [9.17, 15) is 40.6 Å². The van der Waals surface area contributed by atoms with Crippen molar-refractivity contribution >= 4 is 43.5 Å². The standard InChI is InChI=1S/C10H8N2O9S2.3Na/c13-9-4-6(10(14)15)11-12(9)7-3-5(22(16,17)18)1-2-8(7)23(19,20)21;;;/h1-3H,4H2,(H,14,15)(H,16,17,18)(H,19,20,21);;;/q;3*+1/p-3. The van der Waals surface area contributed by atoms with E-state index in [0.717, 1.165) is 0 Å². The van der Waals surface area contributed by atoms with Gasteiger partial charge in [0.05, 0.1) is 33.6 Å². The van der Waals surface area contributed by atoms with Crippen molar-refractivity contribution in [3.05, 3.63) is 18.2 Å². The minimum absolute atomic E-state index is 0. The summed E-state index contributed by atoms with van der Waals surface area (Å²) in [7, 11) is -10.2. The molecule has 1 amide bonds. The second-order valence-corrected chi connectivity index (χ2v) is 6.98. The minimum Gasteiger partial charge on any atom is -0.744 e. The summed E-state index contributed by atoms with van der Waals surface area (Å²) in [5.41, 5.74) is -1.59. The molecule has 124 valence electrons. The molecule has 16 heteroatoms. The molecular formula is C10H5N2Na3O9S2. The number of rotatable bonds is 4. The van der Waals surface area contributed by atoms with Gasteiger partial charge < -0.3 is 19.0 Å². The molecule has 2 rings (SSSR count). The Labute approximate surface area is 214 Å². The van der Waals surface area contributed by atoms with Crippen molar-refractivity contribution in [1.29, 1.82) is 0 Å². The molecule has 0 N–H and O–H groups in total. The van der Waals surface area contributed by atoms with Crippen molar-refractivity contribution in [3.8, 4) is 0 Å². The molecule has 0 saturated carbocycles. The zero-order valence-corrected chi connectivity index (χ0v) is 21.5. The van der Waals surface area contributed by atoms with Crippen LogP contribution in [0.1, 0.15) is 6.42 Å². The molecule has 1 heterocycles. The fourth-order valence-corrected chi connectivity index (χ4v) is 2.89. The first-order valence-electron chi connectivity index (χ1n) is 5.59. The normalized spacial score (nSPS) is 13.8. The van der Waals surface area contributed by atoms with Gasteiger partial charge in [-0.25, -0.2) is 16.8 Å². The average molecular weight is 430 g/mol. The first-order chi connectivity index (χ1) is 10.4. The number of carboxylic acids is 1. The summed E-state index contributed by atoms with van der Waals surface area (Å²) >= 11 is 0. The van der Waals surface area contributed by atoms with Crippen LogP contribution in [0.15, 0.2) is 33.1 Å². The monoisotopic (exact) mass is 430 g/mol. The predicted octanol–water partition coefficient (Wildman–Crippen LogP) is -11.7. The zero-order chi connectivity index (χ0) is 17.6. The predicted molar refractivity (Wildman–Crippen MR) is 66.9 cm³/mol. The summed E-state index contributed by atoms with van der Waals surface area (Å²) in [6.07, 6.45) is -0.755. The molecule has 1 aromatic rings. The number of hydrazone groups is 1. The molecule has 1 aliphatic heterocycles. The van der Waals surface area contributed by atoms with Crippen LogP contribution < -0.4 is 98.8 Å². The van der Waals surface area contributed by atoms with Gasteiger partial charge in [-0.05, 0) is 18.2 Å². The van der Waals surface area contributed by atoms with Crippen LogP contribution in [0.4, 0.5) is 5.69 Å². The molecule has 0 aliphatic carbocycles. The summed E-state index contributed by atoms with van der Waals surface area (Å²) in [4.78, 5) is 20.4. The molecule has 0 unspecified atom stereocenters. The Bertz CT molecular complexity index is 960. The third-order valence-electron chi connectivity index (χ3n) is 2.73. The first-order valence-corrected chi connectivity index (χ1v) is 8.40. The molecule has 0 radical (unpaired) electrons. The van der Waals surface area contributed by atoms with Crippen molar-refractivity contribution in [2.45, 2.75) is 16.2 Å². The third kappa shape index (κ3) is 6.62. The quantitative estimate of drug-likeness (QED) is 0.330. The fourth-order valence-electron chi connectivity index (χ4n) is 1.76. The SMILES string of the molecule is O=C([O-])C1=NN(c2cc(S(=O)(=O)[O-])ccc2S(=O)(=O)[O-])C(=O)C1.[Na+].[Na+].[Na+]. The van der Waals surface area contributed by atoms with Gasteiger partial charge in [0.2, 0.25) is 0 Å². The van der Waals surface area contributed by atoms with Gasteiger partial charge in [-0.3, -0.25) is 4.79 Å². The van der Waals surface area contributed by atoms with Gasteiger partial charge in [0.1, 0.15) is 20.2 Å². The maximum absolute atomic E-state index is 11.7. The molecule has 26 heavy (non-hydrogen) atoms. The van der Waals surface area contributed by atoms with Gasteiger partial charge in [0.25, 0.3) is 5.91 Å². The number of benzene rings is 1. The van der Waals surface area contributed by atoms with Crippen LogP contribution in [0.25, 0.3) is 0 Å². The molecule has 1 aromatic carbocycles. The van der Waals surface area contributed by atoms with Gasteiger partial charge in [0.15, 0.2) is 0 Å². The molecular weight excluding hydrogens is 425 g/mol.